The van der Waals surface area contributed by atoms with Crippen molar-refractivity contribution in [3.05, 3.63) is 11.9 Å². The first kappa shape index (κ1) is 11.1. The summed E-state index contributed by atoms with van der Waals surface area (Å²) >= 11 is 1.37. The molecule has 1 aromatic rings. The van der Waals surface area contributed by atoms with E-state index in [2.05, 4.69) is 14.7 Å². The van der Waals surface area contributed by atoms with Crippen molar-refractivity contribution in [1.29, 1.82) is 0 Å². The van der Waals surface area contributed by atoms with Gasteiger partial charge in [-0.1, -0.05) is 18.7 Å². The van der Waals surface area contributed by atoms with E-state index < -0.39 is 0 Å². The lowest BCUT2D eigenvalue weighted by atomic mass is 10.4. The lowest BCUT2D eigenvalue weighted by Crippen LogP contribution is -2.14. The van der Waals surface area contributed by atoms with Crippen molar-refractivity contribution in [2.45, 2.75) is 30.7 Å². The van der Waals surface area contributed by atoms with E-state index in [9.17, 15) is 4.79 Å². The standard InChI is InChI=1S/C9H14N2O2S/c1-4-7-5-10-9(11-7)14-6(2)8(12)13-3/h5-6H,4H2,1-3H3,(H,10,11)/t6-/m1/s1. The number of methoxy groups -OCH3 is 1. The van der Waals surface area contributed by atoms with Crippen LogP contribution >= 0.6 is 11.8 Å². The molecule has 78 valence electrons. The minimum atomic E-state index is -0.232. The molecular formula is C9H14N2O2S. The fourth-order valence-electron chi connectivity index (χ4n) is 0.960. The Morgan fingerprint density at radius 2 is 2.50 bits per heavy atom. The highest BCUT2D eigenvalue weighted by atomic mass is 32.2. The Balaban J connectivity index is 2.55. The van der Waals surface area contributed by atoms with Crippen LogP contribution in [0, 0.1) is 0 Å². The molecule has 0 aliphatic carbocycles. The van der Waals surface area contributed by atoms with Crippen LogP contribution in [-0.4, -0.2) is 28.3 Å². The van der Waals surface area contributed by atoms with E-state index in [0.29, 0.717) is 0 Å². The van der Waals surface area contributed by atoms with Crippen molar-refractivity contribution in [3.63, 3.8) is 0 Å². The smallest absolute Gasteiger partial charge is 0.318 e. The van der Waals surface area contributed by atoms with Crippen molar-refractivity contribution in [2.75, 3.05) is 7.11 Å². The van der Waals surface area contributed by atoms with Crippen molar-refractivity contribution >= 4 is 17.7 Å². The second-order valence-electron chi connectivity index (χ2n) is 2.85. The quantitative estimate of drug-likeness (QED) is 0.611. The van der Waals surface area contributed by atoms with E-state index in [1.807, 2.05) is 6.92 Å². The van der Waals surface area contributed by atoms with Crippen molar-refractivity contribution in [3.8, 4) is 0 Å². The molecule has 0 unspecified atom stereocenters. The number of nitrogens with zero attached hydrogens (tertiary/aromatic N) is 1. The molecule has 1 heterocycles. The highest BCUT2D eigenvalue weighted by Gasteiger charge is 2.15. The van der Waals surface area contributed by atoms with Gasteiger partial charge in [0.15, 0.2) is 5.16 Å². The summed E-state index contributed by atoms with van der Waals surface area (Å²) in [5.74, 6) is -0.232. The maximum atomic E-state index is 11.1. The van der Waals surface area contributed by atoms with Gasteiger partial charge in [0.2, 0.25) is 0 Å². The van der Waals surface area contributed by atoms with E-state index in [1.54, 1.807) is 13.1 Å². The molecule has 0 saturated carbocycles. The topological polar surface area (TPSA) is 55.0 Å². The Morgan fingerprint density at radius 1 is 1.79 bits per heavy atom. The fourth-order valence-corrected chi connectivity index (χ4v) is 1.79. The third-order valence-electron chi connectivity index (χ3n) is 1.81. The molecule has 4 nitrogen and oxygen atoms in total. The molecule has 0 radical (unpaired) electrons. The molecule has 0 bridgehead atoms. The molecule has 0 fully saturated rings. The number of H-pyrrole nitrogens is 1. The van der Waals surface area contributed by atoms with Gasteiger partial charge >= 0.3 is 5.97 Å². The largest absolute Gasteiger partial charge is 0.468 e. The number of esters is 1. The van der Waals surface area contributed by atoms with Crippen LogP contribution in [0.5, 0.6) is 0 Å². The van der Waals surface area contributed by atoms with E-state index >= 15 is 0 Å². The number of carbonyl (C=O) groups excluding carboxylic acids is 1. The molecule has 0 saturated heterocycles. The zero-order chi connectivity index (χ0) is 10.6. The fraction of sp³-hybridized carbons (Fsp3) is 0.556. The minimum absolute atomic E-state index is 0.226. The van der Waals surface area contributed by atoms with Gasteiger partial charge in [0.05, 0.1) is 7.11 Å². The molecule has 5 heteroatoms. The first-order valence-electron chi connectivity index (χ1n) is 4.45. The van der Waals surface area contributed by atoms with Gasteiger partial charge in [-0.3, -0.25) is 4.79 Å². The van der Waals surface area contributed by atoms with Gasteiger partial charge in [0.1, 0.15) is 5.25 Å². The zero-order valence-electron chi connectivity index (χ0n) is 8.53. The third-order valence-corrected chi connectivity index (χ3v) is 2.78. The summed E-state index contributed by atoms with van der Waals surface area (Å²) in [5.41, 5.74) is 1.07. The minimum Gasteiger partial charge on any atom is -0.468 e. The summed E-state index contributed by atoms with van der Waals surface area (Å²) in [6.45, 7) is 3.84. The normalized spacial score (nSPS) is 12.5. The summed E-state index contributed by atoms with van der Waals surface area (Å²) in [6, 6.07) is 0. The van der Waals surface area contributed by atoms with Gasteiger partial charge in [-0.05, 0) is 13.3 Å². The van der Waals surface area contributed by atoms with E-state index in [0.717, 1.165) is 17.3 Å². The predicted molar refractivity (Wildman–Crippen MR) is 55.3 cm³/mol. The average Bonchev–Trinajstić information content (AvgIpc) is 2.64. The number of nitrogens with one attached hydrogen (secondary N) is 1. The van der Waals surface area contributed by atoms with E-state index in [-0.39, 0.29) is 11.2 Å². The number of rotatable bonds is 4. The molecule has 1 N–H and O–H groups in total. The molecule has 0 spiro atoms. The summed E-state index contributed by atoms with van der Waals surface area (Å²) in [5, 5.41) is 0.538. The number of ether oxygens (including phenoxy) is 1. The molecule has 0 aliphatic rings. The Hall–Kier alpha value is -0.970. The van der Waals surface area contributed by atoms with Crippen LogP contribution in [0.25, 0.3) is 0 Å². The van der Waals surface area contributed by atoms with Gasteiger partial charge in [0, 0.05) is 11.9 Å². The molecule has 1 rings (SSSR count). The van der Waals surface area contributed by atoms with Gasteiger partial charge in [-0.25, -0.2) is 4.98 Å². The maximum Gasteiger partial charge on any atom is 0.318 e. The van der Waals surface area contributed by atoms with Crippen LogP contribution in [0.3, 0.4) is 0 Å². The van der Waals surface area contributed by atoms with Crippen molar-refractivity contribution in [1.82, 2.24) is 9.97 Å². The van der Waals surface area contributed by atoms with Crippen LogP contribution in [0.15, 0.2) is 11.4 Å². The highest BCUT2D eigenvalue weighted by Crippen LogP contribution is 2.20. The summed E-state index contributed by atoms with van der Waals surface area (Å²) in [6.07, 6.45) is 2.70. The van der Waals surface area contributed by atoms with Gasteiger partial charge in [-0.2, -0.15) is 0 Å². The molecule has 0 aromatic carbocycles. The number of carbonyl (C=O) groups is 1. The van der Waals surface area contributed by atoms with Crippen LogP contribution in [-0.2, 0) is 16.0 Å². The lowest BCUT2D eigenvalue weighted by molar-refractivity contribution is -0.139. The molecule has 1 aromatic heterocycles. The Kier molecular flexibility index (Phi) is 4.00. The summed E-state index contributed by atoms with van der Waals surface area (Å²) < 4.78 is 4.62. The van der Waals surface area contributed by atoms with Gasteiger partial charge in [-0.15, -0.1) is 0 Å². The second-order valence-corrected chi connectivity index (χ2v) is 4.18. The number of aryl methyl sites for hydroxylation is 1. The Morgan fingerprint density at radius 3 is 3.00 bits per heavy atom. The van der Waals surface area contributed by atoms with Gasteiger partial charge < -0.3 is 9.72 Å². The summed E-state index contributed by atoms with van der Waals surface area (Å²) in [4.78, 5) is 18.4. The Bertz CT molecular complexity index is 312. The number of imidazole rings is 1. The second kappa shape index (κ2) is 5.05. The first-order valence-corrected chi connectivity index (χ1v) is 5.33. The molecule has 0 aliphatic heterocycles. The van der Waals surface area contributed by atoms with E-state index in [1.165, 1.54) is 18.9 Å². The third kappa shape index (κ3) is 2.77. The maximum absolute atomic E-state index is 11.1. The van der Waals surface area contributed by atoms with E-state index in [4.69, 9.17) is 0 Å². The van der Waals surface area contributed by atoms with Crippen LogP contribution in [0.4, 0.5) is 0 Å². The van der Waals surface area contributed by atoms with Crippen LogP contribution < -0.4 is 0 Å². The van der Waals surface area contributed by atoms with Crippen molar-refractivity contribution < 1.29 is 9.53 Å². The van der Waals surface area contributed by atoms with Crippen LogP contribution in [0.1, 0.15) is 19.5 Å². The number of aromatic amines is 1. The molecule has 14 heavy (non-hydrogen) atoms. The number of thioether (sulfide) groups is 1. The zero-order valence-corrected chi connectivity index (χ0v) is 9.35. The highest BCUT2D eigenvalue weighted by molar-refractivity contribution is 8.00. The van der Waals surface area contributed by atoms with Crippen LogP contribution in [0.2, 0.25) is 0 Å². The Labute approximate surface area is 87.4 Å². The van der Waals surface area contributed by atoms with Gasteiger partial charge in [0.25, 0.3) is 0 Å². The number of hydrogen-bond donors (Lipinski definition) is 1. The molecular weight excluding hydrogens is 200 g/mol. The number of aromatic nitrogens is 2. The predicted octanol–water partition coefficient (Wildman–Crippen LogP) is 1.63. The lowest BCUT2D eigenvalue weighted by Gasteiger charge is -2.05. The van der Waals surface area contributed by atoms with Crippen molar-refractivity contribution in [2.24, 2.45) is 0 Å². The first-order chi connectivity index (χ1) is 6.67. The molecule has 1 atom stereocenters. The summed E-state index contributed by atoms with van der Waals surface area (Å²) in [7, 11) is 1.39. The monoisotopic (exact) mass is 214 g/mol. The number of hydrogen-bond acceptors (Lipinski definition) is 4. The molecule has 0 amide bonds. The average molecular weight is 214 g/mol. The SMILES string of the molecule is CCc1cnc(S[C@H](C)C(=O)OC)[nH]1.